The molecule has 0 bridgehead atoms. The second-order valence-corrected chi connectivity index (χ2v) is 10.1. The van der Waals surface area contributed by atoms with Crippen molar-refractivity contribution >= 4 is 5.69 Å². The van der Waals surface area contributed by atoms with Gasteiger partial charge in [0, 0.05) is 18.3 Å². The Morgan fingerprint density at radius 2 is 1.70 bits per heavy atom. The highest BCUT2D eigenvalue weighted by Crippen LogP contribution is 2.34. The van der Waals surface area contributed by atoms with Crippen LogP contribution in [-0.4, -0.2) is 24.0 Å². The number of anilines is 1. The van der Waals surface area contributed by atoms with Gasteiger partial charge in [0.2, 0.25) is 0 Å². The fourth-order valence-electron chi connectivity index (χ4n) is 5.65. The van der Waals surface area contributed by atoms with Gasteiger partial charge in [-0.15, -0.1) is 0 Å². The normalized spacial score (nSPS) is 23.5. The number of rotatable bonds is 5. The quantitative estimate of drug-likeness (QED) is 0.578. The number of benzene rings is 2. The van der Waals surface area contributed by atoms with E-state index in [2.05, 4.69) is 74.3 Å². The van der Waals surface area contributed by atoms with Crippen molar-refractivity contribution in [1.29, 1.82) is 0 Å². The van der Waals surface area contributed by atoms with Gasteiger partial charge in [0.1, 0.15) is 0 Å². The molecule has 2 aliphatic rings. The van der Waals surface area contributed by atoms with Crippen LogP contribution in [0.4, 0.5) is 5.69 Å². The zero-order valence-corrected chi connectivity index (χ0v) is 19.5. The molecule has 1 aliphatic carbocycles. The molecule has 1 saturated carbocycles. The third-order valence-electron chi connectivity index (χ3n) is 7.66. The topological polar surface area (TPSA) is 15.3 Å². The van der Waals surface area contributed by atoms with Gasteiger partial charge < -0.3 is 10.2 Å². The maximum absolute atomic E-state index is 3.72. The smallest absolute Gasteiger partial charge is 0.0403 e. The van der Waals surface area contributed by atoms with E-state index in [9.17, 15) is 0 Å². The van der Waals surface area contributed by atoms with Gasteiger partial charge >= 0.3 is 0 Å². The first kappa shape index (κ1) is 21.4. The summed E-state index contributed by atoms with van der Waals surface area (Å²) in [6.07, 6.45) is 8.33. The molecule has 2 unspecified atom stereocenters. The maximum Gasteiger partial charge on any atom is 0.0403 e. The summed E-state index contributed by atoms with van der Waals surface area (Å²) in [7, 11) is 0. The van der Waals surface area contributed by atoms with Gasteiger partial charge in [0.25, 0.3) is 0 Å². The molecule has 2 atom stereocenters. The van der Waals surface area contributed by atoms with Crippen LogP contribution < -0.4 is 5.32 Å². The Hall–Kier alpha value is -1.80. The second kappa shape index (κ2) is 9.56. The average Bonchev–Trinajstić information content (AvgIpc) is 2.74. The molecule has 30 heavy (non-hydrogen) atoms. The van der Waals surface area contributed by atoms with Crippen molar-refractivity contribution in [1.82, 2.24) is 4.90 Å². The number of aryl methyl sites for hydroxylation is 3. The van der Waals surface area contributed by atoms with Crippen LogP contribution in [0.5, 0.6) is 0 Å². The average molecular weight is 405 g/mol. The lowest BCUT2D eigenvalue weighted by Crippen LogP contribution is -2.43. The lowest BCUT2D eigenvalue weighted by Gasteiger charge is -2.41. The van der Waals surface area contributed by atoms with Crippen LogP contribution in [0, 0.1) is 26.7 Å². The summed E-state index contributed by atoms with van der Waals surface area (Å²) in [5.74, 6) is 1.63. The third-order valence-corrected chi connectivity index (χ3v) is 7.66. The maximum atomic E-state index is 3.72. The Morgan fingerprint density at radius 3 is 2.43 bits per heavy atom. The monoisotopic (exact) mass is 404 g/mol. The number of likely N-dealkylation sites (tertiary alicyclic amines) is 1. The number of hydrogen-bond donors (Lipinski definition) is 1. The van der Waals surface area contributed by atoms with E-state index in [-0.39, 0.29) is 0 Å². The SMILES string of the molecule is Cc1ccc(CNc2cc(C3CCN(C4CCCC(C)C4)CC3)ccc2C)c(C)c1. The first-order chi connectivity index (χ1) is 14.5. The summed E-state index contributed by atoms with van der Waals surface area (Å²) >= 11 is 0. The fourth-order valence-corrected chi connectivity index (χ4v) is 5.65. The van der Waals surface area contributed by atoms with Crippen molar-refractivity contribution in [2.45, 2.75) is 84.7 Å². The lowest BCUT2D eigenvalue weighted by molar-refractivity contribution is 0.106. The standard InChI is InChI=1S/C28H40N2/c1-20-6-5-7-27(17-20)30-14-12-24(13-15-30)25-11-9-22(3)28(18-25)29-19-26-10-8-21(2)16-23(26)4/h8-11,16,18,20,24,27,29H,5-7,12-15,17,19H2,1-4H3. The van der Waals surface area contributed by atoms with Crippen LogP contribution >= 0.6 is 0 Å². The summed E-state index contributed by atoms with van der Waals surface area (Å²) in [5, 5.41) is 3.72. The van der Waals surface area contributed by atoms with Crippen molar-refractivity contribution in [3.05, 3.63) is 64.2 Å². The molecule has 1 N–H and O–H groups in total. The summed E-state index contributed by atoms with van der Waals surface area (Å²) in [6.45, 7) is 12.5. The minimum atomic E-state index is 0.713. The van der Waals surface area contributed by atoms with Gasteiger partial charge in [-0.3, -0.25) is 0 Å². The molecule has 162 valence electrons. The zero-order chi connectivity index (χ0) is 21.1. The molecular weight excluding hydrogens is 364 g/mol. The number of piperidine rings is 1. The Balaban J connectivity index is 1.37. The molecule has 0 spiro atoms. The molecule has 2 heteroatoms. The van der Waals surface area contributed by atoms with Gasteiger partial charge in [0.15, 0.2) is 0 Å². The highest BCUT2D eigenvalue weighted by atomic mass is 15.2. The van der Waals surface area contributed by atoms with Crippen LogP contribution in [0.3, 0.4) is 0 Å². The van der Waals surface area contributed by atoms with Crippen molar-refractivity contribution in [2.24, 2.45) is 5.92 Å². The molecule has 2 aromatic carbocycles. The lowest BCUT2D eigenvalue weighted by atomic mass is 9.83. The molecule has 2 nitrogen and oxygen atoms in total. The summed E-state index contributed by atoms with van der Waals surface area (Å²) in [6, 6.07) is 14.7. The van der Waals surface area contributed by atoms with Crippen LogP contribution in [0.1, 0.15) is 79.2 Å². The second-order valence-electron chi connectivity index (χ2n) is 10.1. The molecule has 1 saturated heterocycles. The number of hydrogen-bond acceptors (Lipinski definition) is 2. The predicted octanol–water partition coefficient (Wildman–Crippen LogP) is 6.98. The molecule has 0 radical (unpaired) electrons. The summed E-state index contributed by atoms with van der Waals surface area (Å²) in [4.78, 5) is 2.81. The molecule has 0 amide bonds. The Labute approximate surface area is 184 Å². The highest BCUT2D eigenvalue weighted by molar-refractivity contribution is 5.54. The van der Waals surface area contributed by atoms with Crippen molar-refractivity contribution in [2.75, 3.05) is 18.4 Å². The van der Waals surface area contributed by atoms with E-state index >= 15 is 0 Å². The van der Waals surface area contributed by atoms with E-state index in [0.29, 0.717) is 5.92 Å². The molecule has 2 aromatic rings. The molecule has 0 aromatic heterocycles. The molecule has 2 fully saturated rings. The zero-order valence-electron chi connectivity index (χ0n) is 19.5. The van der Waals surface area contributed by atoms with Crippen LogP contribution in [0.25, 0.3) is 0 Å². The Bertz CT molecular complexity index is 848. The predicted molar refractivity (Wildman–Crippen MR) is 129 cm³/mol. The molecular formula is C28H40N2. The summed E-state index contributed by atoms with van der Waals surface area (Å²) < 4.78 is 0. The van der Waals surface area contributed by atoms with E-state index in [0.717, 1.165) is 18.5 Å². The first-order valence-corrected chi connectivity index (χ1v) is 12.1. The molecule has 1 heterocycles. The number of nitrogens with one attached hydrogen (secondary N) is 1. The highest BCUT2D eigenvalue weighted by Gasteiger charge is 2.28. The fraction of sp³-hybridized carbons (Fsp3) is 0.571. The largest absolute Gasteiger partial charge is 0.381 e. The van der Waals surface area contributed by atoms with E-state index < -0.39 is 0 Å². The van der Waals surface area contributed by atoms with E-state index in [4.69, 9.17) is 0 Å². The minimum absolute atomic E-state index is 0.713. The van der Waals surface area contributed by atoms with Crippen LogP contribution in [-0.2, 0) is 6.54 Å². The Morgan fingerprint density at radius 1 is 0.900 bits per heavy atom. The van der Waals surface area contributed by atoms with Crippen LogP contribution in [0.2, 0.25) is 0 Å². The number of nitrogens with zero attached hydrogens (tertiary/aromatic N) is 1. The van der Waals surface area contributed by atoms with Crippen molar-refractivity contribution in [3.63, 3.8) is 0 Å². The van der Waals surface area contributed by atoms with E-state index in [1.165, 1.54) is 85.1 Å². The van der Waals surface area contributed by atoms with Gasteiger partial charge in [-0.2, -0.15) is 0 Å². The Kier molecular flexibility index (Phi) is 6.83. The first-order valence-electron chi connectivity index (χ1n) is 12.1. The minimum Gasteiger partial charge on any atom is -0.381 e. The van der Waals surface area contributed by atoms with Gasteiger partial charge in [-0.25, -0.2) is 0 Å². The van der Waals surface area contributed by atoms with E-state index in [1.807, 2.05) is 0 Å². The summed E-state index contributed by atoms with van der Waals surface area (Å²) in [5.41, 5.74) is 8.28. The van der Waals surface area contributed by atoms with Crippen molar-refractivity contribution < 1.29 is 0 Å². The van der Waals surface area contributed by atoms with Crippen LogP contribution in [0.15, 0.2) is 36.4 Å². The van der Waals surface area contributed by atoms with Gasteiger partial charge in [0.05, 0.1) is 0 Å². The van der Waals surface area contributed by atoms with Crippen molar-refractivity contribution in [3.8, 4) is 0 Å². The third kappa shape index (κ3) is 5.09. The molecule has 1 aliphatic heterocycles. The molecule has 4 rings (SSSR count). The van der Waals surface area contributed by atoms with Gasteiger partial charge in [-0.05, 0) is 99.7 Å². The van der Waals surface area contributed by atoms with Gasteiger partial charge in [-0.1, -0.05) is 55.7 Å². The van der Waals surface area contributed by atoms with E-state index in [1.54, 1.807) is 0 Å².